The molecule has 0 bridgehead atoms. The number of nitrogens with one attached hydrogen (secondary N) is 1. The second-order valence-electron chi connectivity index (χ2n) is 9.87. The van der Waals surface area contributed by atoms with Crippen LogP contribution in [0.2, 0.25) is 0 Å². The monoisotopic (exact) mass is 486 g/mol. The van der Waals surface area contributed by atoms with E-state index in [4.69, 9.17) is 4.74 Å². The van der Waals surface area contributed by atoms with Crippen LogP contribution in [0.5, 0.6) is 5.75 Å². The van der Waals surface area contributed by atoms with E-state index in [2.05, 4.69) is 17.4 Å². The highest BCUT2D eigenvalue weighted by Crippen LogP contribution is 2.24. The van der Waals surface area contributed by atoms with Crippen LogP contribution in [0.25, 0.3) is 0 Å². The van der Waals surface area contributed by atoms with E-state index >= 15 is 0 Å². The van der Waals surface area contributed by atoms with Crippen LogP contribution in [0.1, 0.15) is 47.2 Å². The molecule has 0 saturated heterocycles. The van der Waals surface area contributed by atoms with Crippen molar-refractivity contribution in [3.05, 3.63) is 100 Å². The molecule has 0 aliphatic rings. The number of hydrogen-bond donors (Lipinski definition) is 1. The summed E-state index contributed by atoms with van der Waals surface area (Å²) in [5.74, 6) is 0.301. The summed E-state index contributed by atoms with van der Waals surface area (Å²) in [6.45, 7) is 12.1. The normalized spacial score (nSPS) is 11.8. The average Bonchev–Trinajstić information content (AvgIpc) is 2.82. The first-order valence-electron chi connectivity index (χ1n) is 12.5. The van der Waals surface area contributed by atoms with Gasteiger partial charge in [-0.3, -0.25) is 9.59 Å². The van der Waals surface area contributed by atoms with E-state index < -0.39 is 6.04 Å². The number of carbonyl (C=O) groups excluding carboxylic acids is 2. The SMILES string of the molecule is Cc1cccc(CN(C(=O)COc2cc(C)cc(C)c2C)[C@H](Cc2ccccc2)C(=O)NC(C)C)c1. The van der Waals surface area contributed by atoms with Crippen LogP contribution in [0.4, 0.5) is 0 Å². The van der Waals surface area contributed by atoms with Gasteiger partial charge in [-0.25, -0.2) is 0 Å². The van der Waals surface area contributed by atoms with Crippen molar-refractivity contribution in [1.29, 1.82) is 0 Å². The molecule has 0 spiro atoms. The molecule has 3 aromatic rings. The molecule has 36 heavy (non-hydrogen) atoms. The van der Waals surface area contributed by atoms with Crippen LogP contribution in [0.3, 0.4) is 0 Å². The number of nitrogens with zero attached hydrogens (tertiary/aromatic N) is 1. The molecule has 1 N–H and O–H groups in total. The quantitative estimate of drug-likeness (QED) is 0.414. The van der Waals surface area contributed by atoms with Crippen LogP contribution in [0, 0.1) is 27.7 Å². The van der Waals surface area contributed by atoms with Crippen molar-refractivity contribution >= 4 is 11.8 Å². The molecule has 5 nitrogen and oxygen atoms in total. The zero-order valence-corrected chi connectivity index (χ0v) is 22.3. The molecule has 0 unspecified atom stereocenters. The molecular weight excluding hydrogens is 448 g/mol. The van der Waals surface area contributed by atoms with Gasteiger partial charge in [0.05, 0.1) is 0 Å². The second kappa shape index (κ2) is 12.4. The lowest BCUT2D eigenvalue weighted by Crippen LogP contribution is -2.52. The Balaban J connectivity index is 1.94. The fraction of sp³-hybridized carbons (Fsp3) is 0.355. The Bertz CT molecular complexity index is 1190. The van der Waals surface area contributed by atoms with Gasteiger partial charge >= 0.3 is 0 Å². The molecule has 3 rings (SSSR count). The molecule has 0 aliphatic heterocycles. The summed E-state index contributed by atoms with van der Waals surface area (Å²) in [4.78, 5) is 28.8. The Morgan fingerprint density at radius 3 is 2.22 bits per heavy atom. The third-order valence-electron chi connectivity index (χ3n) is 6.25. The maximum Gasteiger partial charge on any atom is 0.261 e. The van der Waals surface area contributed by atoms with Crippen molar-refractivity contribution in [2.45, 2.75) is 66.6 Å². The summed E-state index contributed by atoms with van der Waals surface area (Å²) < 4.78 is 6.04. The number of amides is 2. The Labute approximate surface area is 215 Å². The minimum atomic E-state index is -0.674. The predicted molar refractivity (Wildman–Crippen MR) is 145 cm³/mol. The van der Waals surface area contributed by atoms with Crippen molar-refractivity contribution in [3.63, 3.8) is 0 Å². The van der Waals surface area contributed by atoms with Gasteiger partial charge in [0.15, 0.2) is 6.61 Å². The maximum absolute atomic E-state index is 13.7. The first-order chi connectivity index (χ1) is 17.1. The summed E-state index contributed by atoms with van der Waals surface area (Å²) in [5.41, 5.74) is 6.28. The third-order valence-corrected chi connectivity index (χ3v) is 6.25. The van der Waals surface area contributed by atoms with Gasteiger partial charge in [0.25, 0.3) is 5.91 Å². The zero-order valence-electron chi connectivity index (χ0n) is 22.3. The minimum Gasteiger partial charge on any atom is -0.483 e. The summed E-state index contributed by atoms with van der Waals surface area (Å²) in [7, 11) is 0. The van der Waals surface area contributed by atoms with E-state index in [0.717, 1.165) is 33.4 Å². The first kappa shape index (κ1) is 27.0. The third kappa shape index (κ3) is 7.45. The van der Waals surface area contributed by atoms with E-state index in [1.54, 1.807) is 4.90 Å². The number of benzene rings is 3. The average molecular weight is 487 g/mol. The van der Waals surface area contributed by atoms with Gasteiger partial charge in [0, 0.05) is 19.0 Å². The second-order valence-corrected chi connectivity index (χ2v) is 9.87. The molecule has 0 fully saturated rings. The number of rotatable bonds is 10. The summed E-state index contributed by atoms with van der Waals surface area (Å²) in [6.07, 6.45) is 0.416. The maximum atomic E-state index is 13.7. The standard InChI is InChI=1S/C31H38N2O3/c1-21(2)32-31(35)28(18-26-12-8-7-9-13-26)33(19-27-14-10-11-22(3)16-27)30(34)20-36-29-17-23(4)15-24(5)25(29)6/h7-17,21,28H,18-20H2,1-6H3,(H,32,35)/t28-/m1/s1. The largest absolute Gasteiger partial charge is 0.483 e. The topological polar surface area (TPSA) is 58.6 Å². The summed E-state index contributed by atoms with van der Waals surface area (Å²) in [6, 6.07) is 21.2. The van der Waals surface area contributed by atoms with Crippen LogP contribution in [0.15, 0.2) is 66.7 Å². The number of aryl methyl sites for hydroxylation is 3. The number of ether oxygens (including phenoxy) is 1. The van der Waals surface area contributed by atoms with Crippen LogP contribution in [-0.2, 0) is 22.6 Å². The van der Waals surface area contributed by atoms with E-state index in [1.807, 2.05) is 96.1 Å². The molecule has 5 heteroatoms. The molecule has 0 radical (unpaired) electrons. The van der Waals surface area contributed by atoms with Crippen LogP contribution < -0.4 is 10.1 Å². The highest BCUT2D eigenvalue weighted by molar-refractivity contribution is 5.88. The Morgan fingerprint density at radius 2 is 1.56 bits per heavy atom. The van der Waals surface area contributed by atoms with E-state index in [9.17, 15) is 9.59 Å². The number of hydrogen-bond acceptors (Lipinski definition) is 3. The molecular formula is C31H38N2O3. The lowest BCUT2D eigenvalue weighted by atomic mass is 10.0. The van der Waals surface area contributed by atoms with Gasteiger partial charge in [0.1, 0.15) is 11.8 Å². The number of carbonyl (C=O) groups is 2. The van der Waals surface area contributed by atoms with E-state index in [1.165, 1.54) is 0 Å². The molecule has 3 aromatic carbocycles. The van der Waals surface area contributed by atoms with Crippen LogP contribution in [-0.4, -0.2) is 35.4 Å². The van der Waals surface area contributed by atoms with E-state index in [0.29, 0.717) is 18.7 Å². The zero-order chi connectivity index (χ0) is 26.2. The Morgan fingerprint density at radius 1 is 0.861 bits per heavy atom. The van der Waals surface area contributed by atoms with Crippen molar-refractivity contribution < 1.29 is 14.3 Å². The van der Waals surface area contributed by atoms with Gasteiger partial charge in [0.2, 0.25) is 5.91 Å². The Hall–Kier alpha value is -3.60. The Kier molecular flexibility index (Phi) is 9.29. The smallest absolute Gasteiger partial charge is 0.261 e. The first-order valence-corrected chi connectivity index (χ1v) is 12.5. The van der Waals surface area contributed by atoms with Gasteiger partial charge in [-0.15, -0.1) is 0 Å². The van der Waals surface area contributed by atoms with Crippen LogP contribution >= 0.6 is 0 Å². The molecule has 0 heterocycles. The highest BCUT2D eigenvalue weighted by atomic mass is 16.5. The summed E-state index contributed by atoms with van der Waals surface area (Å²) >= 11 is 0. The molecule has 190 valence electrons. The van der Waals surface area contributed by atoms with E-state index in [-0.39, 0.29) is 24.5 Å². The molecule has 0 saturated carbocycles. The summed E-state index contributed by atoms with van der Waals surface area (Å²) in [5, 5.41) is 3.02. The van der Waals surface area contributed by atoms with Gasteiger partial charge in [-0.05, 0) is 75.4 Å². The molecule has 0 aromatic heterocycles. The lowest BCUT2D eigenvalue weighted by molar-refractivity contribution is -0.143. The predicted octanol–water partition coefficient (Wildman–Crippen LogP) is 5.46. The van der Waals surface area contributed by atoms with Gasteiger partial charge in [-0.2, -0.15) is 0 Å². The molecule has 0 aliphatic carbocycles. The van der Waals surface area contributed by atoms with Gasteiger partial charge in [-0.1, -0.05) is 66.2 Å². The fourth-order valence-electron chi connectivity index (χ4n) is 4.31. The van der Waals surface area contributed by atoms with Crippen molar-refractivity contribution in [1.82, 2.24) is 10.2 Å². The minimum absolute atomic E-state index is 0.0409. The van der Waals surface area contributed by atoms with Gasteiger partial charge < -0.3 is 15.0 Å². The lowest BCUT2D eigenvalue weighted by Gasteiger charge is -2.32. The highest BCUT2D eigenvalue weighted by Gasteiger charge is 2.31. The van der Waals surface area contributed by atoms with Crippen molar-refractivity contribution in [2.75, 3.05) is 6.61 Å². The molecule has 2 amide bonds. The van der Waals surface area contributed by atoms with Crippen molar-refractivity contribution in [2.24, 2.45) is 0 Å². The van der Waals surface area contributed by atoms with Crippen molar-refractivity contribution in [3.8, 4) is 5.75 Å². The molecule has 1 atom stereocenters. The fourth-order valence-corrected chi connectivity index (χ4v) is 4.31.